The van der Waals surface area contributed by atoms with E-state index >= 15 is 0 Å². The lowest BCUT2D eigenvalue weighted by Gasteiger charge is -2.18. The van der Waals surface area contributed by atoms with E-state index in [4.69, 9.17) is 16.3 Å². The summed E-state index contributed by atoms with van der Waals surface area (Å²) in [7, 11) is 1.39. The zero-order valence-corrected chi connectivity index (χ0v) is 16.4. The van der Waals surface area contributed by atoms with Gasteiger partial charge in [0.1, 0.15) is 12.4 Å². The Balaban J connectivity index is 1.71. The highest BCUT2D eigenvalue weighted by Gasteiger charge is 2.10. The molecule has 2 N–H and O–H groups in total. The molecule has 0 fully saturated rings. The van der Waals surface area contributed by atoms with Crippen molar-refractivity contribution in [1.29, 1.82) is 0 Å². The van der Waals surface area contributed by atoms with Gasteiger partial charge in [-0.1, -0.05) is 35.9 Å². The van der Waals surface area contributed by atoms with Crippen LogP contribution < -0.4 is 10.1 Å². The molecule has 2 unspecified atom stereocenters. The molecule has 2 aromatic rings. The van der Waals surface area contributed by atoms with Gasteiger partial charge in [0.05, 0.1) is 13.2 Å². The largest absolute Gasteiger partial charge is 0.492 e. The van der Waals surface area contributed by atoms with E-state index in [1.807, 2.05) is 43.3 Å². The van der Waals surface area contributed by atoms with E-state index in [0.29, 0.717) is 31.0 Å². The predicted octanol–water partition coefficient (Wildman–Crippen LogP) is 3.54. The Labute approximate surface area is 165 Å². The standard InChI is InChI=1S/C21H26ClNO4/c1-15(23-13-20(24)17-4-3-5-18(22)12-17)14-27-19-9-6-16(7-10-19)8-11-21(25)26-2/h3-7,9-10,12,15,20,23-24H,8,11,13-14H2,1-2H3. The van der Waals surface area contributed by atoms with E-state index in [1.54, 1.807) is 12.1 Å². The normalized spacial score (nSPS) is 13.0. The molecule has 0 heterocycles. The highest BCUT2D eigenvalue weighted by atomic mass is 35.5. The molecule has 0 radical (unpaired) electrons. The summed E-state index contributed by atoms with van der Waals surface area (Å²) in [4.78, 5) is 11.2. The minimum Gasteiger partial charge on any atom is -0.492 e. The van der Waals surface area contributed by atoms with Crippen molar-refractivity contribution in [1.82, 2.24) is 5.32 Å². The summed E-state index contributed by atoms with van der Waals surface area (Å²) in [5, 5.41) is 14.1. The predicted molar refractivity (Wildman–Crippen MR) is 106 cm³/mol. The Morgan fingerprint density at radius 2 is 1.96 bits per heavy atom. The van der Waals surface area contributed by atoms with Crippen LogP contribution in [0.2, 0.25) is 5.02 Å². The Morgan fingerprint density at radius 3 is 2.63 bits per heavy atom. The lowest BCUT2D eigenvalue weighted by Crippen LogP contribution is -2.34. The summed E-state index contributed by atoms with van der Waals surface area (Å²) in [6.45, 7) is 2.89. The number of esters is 1. The number of carbonyl (C=O) groups is 1. The highest BCUT2D eigenvalue weighted by Crippen LogP contribution is 2.17. The summed E-state index contributed by atoms with van der Waals surface area (Å²) in [6.07, 6.45) is 0.388. The number of nitrogens with one attached hydrogen (secondary N) is 1. The molecule has 146 valence electrons. The quantitative estimate of drug-likeness (QED) is 0.606. The SMILES string of the molecule is COC(=O)CCc1ccc(OCC(C)NCC(O)c2cccc(Cl)c2)cc1. The number of halogens is 1. The Hall–Kier alpha value is -2.08. The smallest absolute Gasteiger partial charge is 0.305 e. The van der Waals surface area contributed by atoms with Gasteiger partial charge in [0, 0.05) is 24.0 Å². The number of hydrogen-bond acceptors (Lipinski definition) is 5. The van der Waals surface area contributed by atoms with Gasteiger partial charge in [0.25, 0.3) is 0 Å². The molecule has 0 aliphatic heterocycles. The number of rotatable bonds is 10. The second-order valence-electron chi connectivity index (χ2n) is 6.41. The zero-order chi connectivity index (χ0) is 19.6. The number of aliphatic hydroxyl groups excluding tert-OH is 1. The molecule has 0 saturated carbocycles. The third-order valence-electron chi connectivity index (χ3n) is 4.16. The van der Waals surface area contributed by atoms with Crippen LogP contribution in [0.4, 0.5) is 0 Å². The van der Waals surface area contributed by atoms with E-state index in [0.717, 1.165) is 16.9 Å². The number of aryl methyl sites for hydroxylation is 1. The first kappa shape index (κ1) is 21.2. The van der Waals surface area contributed by atoms with Crippen LogP contribution >= 0.6 is 11.6 Å². The summed E-state index contributed by atoms with van der Waals surface area (Å²) < 4.78 is 10.4. The van der Waals surface area contributed by atoms with Gasteiger partial charge in [-0.3, -0.25) is 4.79 Å². The van der Waals surface area contributed by atoms with E-state index in [9.17, 15) is 9.90 Å². The van der Waals surface area contributed by atoms with Gasteiger partial charge < -0.3 is 19.9 Å². The van der Waals surface area contributed by atoms with E-state index in [1.165, 1.54) is 7.11 Å². The number of carbonyl (C=O) groups excluding carboxylic acids is 1. The van der Waals surface area contributed by atoms with Gasteiger partial charge in [0.15, 0.2) is 0 Å². The van der Waals surface area contributed by atoms with Crippen molar-refractivity contribution in [3.05, 3.63) is 64.7 Å². The lowest BCUT2D eigenvalue weighted by molar-refractivity contribution is -0.140. The number of aliphatic hydroxyl groups is 1. The number of benzene rings is 2. The molecule has 0 aliphatic carbocycles. The lowest BCUT2D eigenvalue weighted by atomic mass is 10.1. The summed E-state index contributed by atoms with van der Waals surface area (Å²) in [5.41, 5.74) is 1.84. The zero-order valence-electron chi connectivity index (χ0n) is 15.7. The van der Waals surface area contributed by atoms with Crippen LogP contribution in [0, 0.1) is 0 Å². The molecule has 0 amide bonds. The fourth-order valence-electron chi connectivity index (χ4n) is 2.53. The van der Waals surface area contributed by atoms with Crippen LogP contribution in [0.1, 0.15) is 30.6 Å². The molecule has 2 aromatic carbocycles. The summed E-state index contributed by atoms with van der Waals surface area (Å²) in [5.74, 6) is 0.552. The average molecular weight is 392 g/mol. The first-order valence-corrected chi connectivity index (χ1v) is 9.31. The van der Waals surface area contributed by atoms with Gasteiger partial charge in [-0.2, -0.15) is 0 Å². The van der Waals surface area contributed by atoms with Crippen molar-refractivity contribution in [2.75, 3.05) is 20.3 Å². The molecule has 2 atom stereocenters. The molecular formula is C21H26ClNO4. The van der Waals surface area contributed by atoms with Gasteiger partial charge in [-0.25, -0.2) is 0 Å². The number of hydrogen-bond donors (Lipinski definition) is 2. The van der Waals surface area contributed by atoms with E-state index in [2.05, 4.69) is 10.1 Å². The van der Waals surface area contributed by atoms with Gasteiger partial charge in [0.2, 0.25) is 0 Å². The van der Waals surface area contributed by atoms with Crippen LogP contribution in [-0.4, -0.2) is 37.4 Å². The topological polar surface area (TPSA) is 67.8 Å². The molecule has 0 bridgehead atoms. The summed E-state index contributed by atoms with van der Waals surface area (Å²) in [6, 6.07) is 14.9. The van der Waals surface area contributed by atoms with Crippen molar-refractivity contribution in [3.63, 3.8) is 0 Å². The minimum absolute atomic E-state index is 0.0674. The molecule has 0 aliphatic rings. The number of methoxy groups -OCH3 is 1. The maximum absolute atomic E-state index is 11.2. The Bertz CT molecular complexity index is 720. The van der Waals surface area contributed by atoms with Gasteiger partial charge in [-0.15, -0.1) is 0 Å². The van der Waals surface area contributed by atoms with Crippen LogP contribution in [-0.2, 0) is 16.0 Å². The van der Waals surface area contributed by atoms with E-state index < -0.39 is 6.10 Å². The fourth-order valence-corrected chi connectivity index (χ4v) is 2.72. The second kappa shape index (κ2) is 10.9. The maximum atomic E-state index is 11.2. The Morgan fingerprint density at radius 1 is 1.22 bits per heavy atom. The third-order valence-corrected chi connectivity index (χ3v) is 4.40. The third kappa shape index (κ3) is 7.59. The molecule has 2 rings (SSSR count). The monoisotopic (exact) mass is 391 g/mol. The van der Waals surface area contributed by atoms with Crippen molar-refractivity contribution < 1.29 is 19.4 Å². The number of ether oxygens (including phenoxy) is 2. The fraction of sp³-hybridized carbons (Fsp3) is 0.381. The molecule has 27 heavy (non-hydrogen) atoms. The van der Waals surface area contributed by atoms with Crippen molar-refractivity contribution in [2.24, 2.45) is 0 Å². The van der Waals surface area contributed by atoms with Crippen LogP contribution in [0.5, 0.6) is 5.75 Å². The second-order valence-corrected chi connectivity index (χ2v) is 6.85. The van der Waals surface area contributed by atoms with Crippen molar-refractivity contribution in [3.8, 4) is 5.75 Å². The van der Waals surface area contributed by atoms with Crippen LogP contribution in [0.25, 0.3) is 0 Å². The highest BCUT2D eigenvalue weighted by molar-refractivity contribution is 6.30. The van der Waals surface area contributed by atoms with Crippen LogP contribution in [0.15, 0.2) is 48.5 Å². The van der Waals surface area contributed by atoms with Crippen molar-refractivity contribution >= 4 is 17.6 Å². The molecule has 0 aromatic heterocycles. The van der Waals surface area contributed by atoms with Gasteiger partial charge in [-0.05, 0) is 48.7 Å². The van der Waals surface area contributed by atoms with Crippen LogP contribution in [0.3, 0.4) is 0 Å². The molecule has 0 saturated heterocycles. The molecule has 0 spiro atoms. The van der Waals surface area contributed by atoms with Crippen molar-refractivity contribution in [2.45, 2.75) is 31.9 Å². The van der Waals surface area contributed by atoms with Gasteiger partial charge >= 0.3 is 5.97 Å². The molecule has 6 heteroatoms. The Kier molecular flexibility index (Phi) is 8.58. The maximum Gasteiger partial charge on any atom is 0.305 e. The summed E-state index contributed by atoms with van der Waals surface area (Å²) >= 11 is 5.95. The first-order chi connectivity index (χ1) is 13.0. The average Bonchev–Trinajstić information content (AvgIpc) is 2.69. The minimum atomic E-state index is -0.625. The molecule has 5 nitrogen and oxygen atoms in total. The van der Waals surface area contributed by atoms with E-state index in [-0.39, 0.29) is 12.0 Å². The first-order valence-electron chi connectivity index (χ1n) is 8.93. The molecular weight excluding hydrogens is 366 g/mol.